The fraction of sp³-hybridized carbons (Fsp3) is 0.727. The van der Waals surface area contributed by atoms with Crippen molar-refractivity contribution in [2.75, 3.05) is 0 Å². The van der Waals surface area contributed by atoms with Crippen molar-refractivity contribution in [1.29, 1.82) is 0 Å². The molecule has 0 aromatic carbocycles. The Hall–Kier alpha value is -0.870. The minimum absolute atomic E-state index is 0.279. The fourth-order valence-electron chi connectivity index (χ4n) is 2.59. The molecule has 1 heterocycles. The Kier molecular flexibility index (Phi) is 3.07. The Balaban J connectivity index is 2.22. The van der Waals surface area contributed by atoms with Gasteiger partial charge in [0.05, 0.1) is 12.2 Å². The lowest BCUT2D eigenvalue weighted by atomic mass is 9.93. The third-order valence-electron chi connectivity index (χ3n) is 3.66. The normalized spacial score (nSPS) is 19.7. The molecule has 1 fully saturated rings. The molecule has 1 aliphatic carbocycles. The zero-order chi connectivity index (χ0) is 10.8. The molecule has 4 heteroatoms. The third kappa shape index (κ3) is 1.92. The maximum atomic E-state index is 5.68. The molecule has 0 aliphatic heterocycles. The van der Waals surface area contributed by atoms with Crippen LogP contribution in [0.4, 0.5) is 0 Å². The van der Waals surface area contributed by atoms with Crippen LogP contribution in [-0.4, -0.2) is 9.78 Å². The predicted octanol–water partition coefficient (Wildman–Crippen LogP) is 1.42. The van der Waals surface area contributed by atoms with Crippen molar-refractivity contribution >= 4 is 0 Å². The van der Waals surface area contributed by atoms with E-state index in [4.69, 9.17) is 5.84 Å². The van der Waals surface area contributed by atoms with E-state index < -0.39 is 0 Å². The van der Waals surface area contributed by atoms with Crippen LogP contribution < -0.4 is 11.3 Å². The quantitative estimate of drug-likeness (QED) is 0.583. The second-order valence-electron chi connectivity index (χ2n) is 4.50. The van der Waals surface area contributed by atoms with Crippen molar-refractivity contribution in [3.63, 3.8) is 0 Å². The summed E-state index contributed by atoms with van der Waals surface area (Å²) in [5.41, 5.74) is 5.43. The van der Waals surface area contributed by atoms with Crippen molar-refractivity contribution in [2.45, 2.75) is 38.6 Å². The van der Waals surface area contributed by atoms with Gasteiger partial charge in [0, 0.05) is 18.3 Å². The molecule has 0 amide bonds. The molecule has 1 aromatic rings. The predicted molar refractivity (Wildman–Crippen MR) is 60.0 cm³/mol. The van der Waals surface area contributed by atoms with Crippen molar-refractivity contribution in [1.82, 2.24) is 15.2 Å². The van der Waals surface area contributed by atoms with Gasteiger partial charge in [-0.1, -0.05) is 12.8 Å². The second-order valence-corrected chi connectivity index (χ2v) is 4.50. The van der Waals surface area contributed by atoms with Crippen molar-refractivity contribution < 1.29 is 0 Å². The van der Waals surface area contributed by atoms with Gasteiger partial charge in [0.1, 0.15) is 0 Å². The second kappa shape index (κ2) is 4.33. The molecule has 1 saturated carbocycles. The number of aryl methyl sites for hydroxylation is 1. The van der Waals surface area contributed by atoms with E-state index in [1.165, 1.54) is 36.9 Å². The van der Waals surface area contributed by atoms with Crippen LogP contribution in [0.3, 0.4) is 0 Å². The van der Waals surface area contributed by atoms with E-state index in [2.05, 4.69) is 17.4 Å². The highest BCUT2D eigenvalue weighted by atomic mass is 15.3. The van der Waals surface area contributed by atoms with E-state index in [1.807, 2.05) is 17.9 Å². The SMILES string of the molecule is Cc1c(C(NN)C2CCCC2)cnn1C. The Bertz CT molecular complexity index is 325. The van der Waals surface area contributed by atoms with Crippen LogP contribution in [0, 0.1) is 12.8 Å². The lowest BCUT2D eigenvalue weighted by Gasteiger charge is -2.22. The van der Waals surface area contributed by atoms with Crippen LogP contribution in [0.2, 0.25) is 0 Å². The van der Waals surface area contributed by atoms with Crippen molar-refractivity contribution in [3.8, 4) is 0 Å². The van der Waals surface area contributed by atoms with Crippen LogP contribution in [0.5, 0.6) is 0 Å². The summed E-state index contributed by atoms with van der Waals surface area (Å²) in [4.78, 5) is 0. The van der Waals surface area contributed by atoms with E-state index in [1.54, 1.807) is 0 Å². The molecule has 1 aliphatic rings. The number of nitrogens with one attached hydrogen (secondary N) is 1. The van der Waals surface area contributed by atoms with Gasteiger partial charge in [-0.25, -0.2) is 0 Å². The molecule has 0 spiro atoms. The molecule has 1 aromatic heterocycles. The van der Waals surface area contributed by atoms with E-state index in [-0.39, 0.29) is 6.04 Å². The summed E-state index contributed by atoms with van der Waals surface area (Å²) >= 11 is 0. The van der Waals surface area contributed by atoms with Gasteiger partial charge in [0.15, 0.2) is 0 Å². The first kappa shape index (κ1) is 10.6. The maximum absolute atomic E-state index is 5.68. The minimum atomic E-state index is 0.279. The number of nitrogens with zero attached hydrogens (tertiary/aromatic N) is 2. The monoisotopic (exact) mass is 208 g/mol. The Morgan fingerprint density at radius 1 is 1.53 bits per heavy atom. The maximum Gasteiger partial charge on any atom is 0.0540 e. The van der Waals surface area contributed by atoms with E-state index in [0.717, 1.165) is 0 Å². The van der Waals surface area contributed by atoms with Gasteiger partial charge in [-0.05, 0) is 25.7 Å². The summed E-state index contributed by atoms with van der Waals surface area (Å²) in [5.74, 6) is 6.35. The molecule has 1 atom stereocenters. The summed E-state index contributed by atoms with van der Waals surface area (Å²) < 4.78 is 1.91. The Morgan fingerprint density at radius 2 is 2.20 bits per heavy atom. The highest BCUT2D eigenvalue weighted by molar-refractivity contribution is 5.21. The van der Waals surface area contributed by atoms with Crippen LogP contribution in [0.25, 0.3) is 0 Å². The van der Waals surface area contributed by atoms with E-state index in [0.29, 0.717) is 5.92 Å². The number of hydrogen-bond acceptors (Lipinski definition) is 3. The summed E-state index contributed by atoms with van der Waals surface area (Å²) in [6.07, 6.45) is 7.18. The number of nitrogens with two attached hydrogens (primary N) is 1. The van der Waals surface area contributed by atoms with E-state index in [9.17, 15) is 0 Å². The van der Waals surface area contributed by atoms with Gasteiger partial charge in [-0.2, -0.15) is 5.10 Å². The van der Waals surface area contributed by atoms with Gasteiger partial charge in [0.2, 0.25) is 0 Å². The molecule has 1 unspecified atom stereocenters. The van der Waals surface area contributed by atoms with Gasteiger partial charge >= 0.3 is 0 Å². The molecule has 0 radical (unpaired) electrons. The van der Waals surface area contributed by atoms with Gasteiger partial charge in [-0.15, -0.1) is 0 Å². The topological polar surface area (TPSA) is 55.9 Å². The smallest absolute Gasteiger partial charge is 0.0540 e. The average molecular weight is 208 g/mol. The number of hydrazine groups is 1. The first-order valence-electron chi connectivity index (χ1n) is 5.68. The van der Waals surface area contributed by atoms with E-state index >= 15 is 0 Å². The number of rotatable bonds is 3. The molecule has 84 valence electrons. The number of hydrogen-bond donors (Lipinski definition) is 2. The lowest BCUT2D eigenvalue weighted by molar-refractivity contribution is 0.372. The number of aromatic nitrogens is 2. The molecule has 3 N–H and O–H groups in total. The highest BCUT2D eigenvalue weighted by Gasteiger charge is 2.27. The third-order valence-corrected chi connectivity index (χ3v) is 3.66. The van der Waals surface area contributed by atoms with Crippen LogP contribution in [0.15, 0.2) is 6.20 Å². The first-order valence-corrected chi connectivity index (χ1v) is 5.68. The molecule has 15 heavy (non-hydrogen) atoms. The first-order chi connectivity index (χ1) is 7.24. The van der Waals surface area contributed by atoms with Crippen LogP contribution in [0.1, 0.15) is 43.0 Å². The highest BCUT2D eigenvalue weighted by Crippen LogP contribution is 2.35. The molecule has 4 nitrogen and oxygen atoms in total. The minimum Gasteiger partial charge on any atom is -0.273 e. The summed E-state index contributed by atoms with van der Waals surface area (Å²) in [6.45, 7) is 2.10. The molecular weight excluding hydrogens is 188 g/mol. The van der Waals surface area contributed by atoms with Crippen molar-refractivity contribution in [2.24, 2.45) is 18.8 Å². The summed E-state index contributed by atoms with van der Waals surface area (Å²) in [5, 5.41) is 4.28. The standard InChI is InChI=1S/C11H20N4/c1-8-10(7-13-15(8)2)11(14-12)9-5-3-4-6-9/h7,9,11,14H,3-6,12H2,1-2H3. The summed E-state index contributed by atoms with van der Waals surface area (Å²) in [6, 6.07) is 0.279. The van der Waals surface area contributed by atoms with Crippen LogP contribution >= 0.6 is 0 Å². The van der Waals surface area contributed by atoms with Crippen LogP contribution in [-0.2, 0) is 7.05 Å². The Labute approximate surface area is 90.8 Å². The lowest BCUT2D eigenvalue weighted by Crippen LogP contribution is -2.33. The molecule has 2 rings (SSSR count). The zero-order valence-corrected chi connectivity index (χ0v) is 9.53. The fourth-order valence-corrected chi connectivity index (χ4v) is 2.59. The van der Waals surface area contributed by atoms with Crippen molar-refractivity contribution in [3.05, 3.63) is 17.5 Å². The summed E-state index contributed by atoms with van der Waals surface area (Å²) in [7, 11) is 1.97. The zero-order valence-electron chi connectivity index (χ0n) is 9.53. The van der Waals surface area contributed by atoms with Gasteiger partial charge < -0.3 is 0 Å². The largest absolute Gasteiger partial charge is 0.273 e. The van der Waals surface area contributed by atoms with Gasteiger partial charge in [-0.3, -0.25) is 16.0 Å². The Morgan fingerprint density at radius 3 is 2.67 bits per heavy atom. The molecule has 0 saturated heterocycles. The molecule has 0 bridgehead atoms. The van der Waals surface area contributed by atoms with Gasteiger partial charge in [0.25, 0.3) is 0 Å². The molecular formula is C11H20N4. The average Bonchev–Trinajstić information content (AvgIpc) is 2.84.